The highest BCUT2D eigenvalue weighted by molar-refractivity contribution is 6.31. The Balaban J connectivity index is 2.73. The van der Waals surface area contributed by atoms with Gasteiger partial charge in [0.1, 0.15) is 0 Å². The van der Waals surface area contributed by atoms with Gasteiger partial charge < -0.3 is 0 Å². The first-order valence-corrected chi connectivity index (χ1v) is 6.09. The van der Waals surface area contributed by atoms with E-state index in [1.807, 2.05) is 18.5 Å². The Bertz CT molecular complexity index is 559. The van der Waals surface area contributed by atoms with Gasteiger partial charge in [0.15, 0.2) is 0 Å². The molecule has 1 aromatic heterocycles. The van der Waals surface area contributed by atoms with Crippen LogP contribution in [0.3, 0.4) is 0 Å². The molecule has 3 heteroatoms. The first-order chi connectivity index (χ1) is 7.91. The molecule has 0 saturated carbocycles. The summed E-state index contributed by atoms with van der Waals surface area (Å²) in [5.41, 5.74) is 6.75. The predicted octanol–water partition coefficient (Wildman–Crippen LogP) is 4.07. The Labute approximate surface area is 107 Å². The number of rotatable bonds is 1. The Kier molecular flexibility index (Phi) is 3.00. The van der Waals surface area contributed by atoms with E-state index >= 15 is 0 Å². The molecule has 0 fully saturated rings. The highest BCUT2D eigenvalue weighted by Crippen LogP contribution is 2.26. The number of aryl methyl sites for hydroxylation is 4. The summed E-state index contributed by atoms with van der Waals surface area (Å²) >= 11 is 6.20. The number of hydrogen-bond donors (Lipinski definition) is 0. The zero-order chi connectivity index (χ0) is 12.7. The summed E-state index contributed by atoms with van der Waals surface area (Å²) in [5, 5.41) is 5.27. The third kappa shape index (κ3) is 1.98. The van der Waals surface area contributed by atoms with Crippen molar-refractivity contribution in [1.29, 1.82) is 0 Å². The molecule has 2 rings (SSSR count). The van der Waals surface area contributed by atoms with Crippen molar-refractivity contribution < 1.29 is 0 Å². The molecule has 0 aliphatic heterocycles. The van der Waals surface area contributed by atoms with Crippen LogP contribution in [0.4, 0.5) is 0 Å². The molecule has 17 heavy (non-hydrogen) atoms. The van der Waals surface area contributed by atoms with Crippen LogP contribution in [0.2, 0.25) is 5.02 Å². The second kappa shape index (κ2) is 4.19. The van der Waals surface area contributed by atoms with Crippen LogP contribution >= 0.6 is 11.6 Å². The van der Waals surface area contributed by atoms with Crippen molar-refractivity contribution in [1.82, 2.24) is 9.78 Å². The molecule has 0 N–H and O–H groups in total. The van der Waals surface area contributed by atoms with Crippen molar-refractivity contribution in [3.8, 4) is 5.69 Å². The van der Waals surface area contributed by atoms with Gasteiger partial charge in [-0.25, -0.2) is 4.68 Å². The van der Waals surface area contributed by atoms with Crippen molar-refractivity contribution >= 4 is 11.6 Å². The van der Waals surface area contributed by atoms with Crippen molar-refractivity contribution in [2.24, 2.45) is 0 Å². The normalized spacial score (nSPS) is 10.9. The van der Waals surface area contributed by atoms with Gasteiger partial charge >= 0.3 is 0 Å². The maximum atomic E-state index is 6.20. The van der Waals surface area contributed by atoms with Crippen LogP contribution in [-0.4, -0.2) is 9.78 Å². The van der Waals surface area contributed by atoms with Crippen LogP contribution in [0.15, 0.2) is 12.1 Å². The van der Waals surface area contributed by atoms with Gasteiger partial charge in [0.05, 0.1) is 22.1 Å². The van der Waals surface area contributed by atoms with Crippen molar-refractivity contribution in [2.45, 2.75) is 34.6 Å². The van der Waals surface area contributed by atoms with Gasteiger partial charge in [-0.05, 0) is 45.7 Å². The summed E-state index contributed by atoms with van der Waals surface area (Å²) in [6, 6.07) is 4.35. The average Bonchev–Trinajstić information content (AvgIpc) is 2.45. The minimum atomic E-state index is 0.754. The quantitative estimate of drug-likeness (QED) is 0.744. The minimum Gasteiger partial charge on any atom is -0.236 e. The Morgan fingerprint density at radius 2 is 1.53 bits per heavy atom. The zero-order valence-corrected chi connectivity index (χ0v) is 11.7. The summed E-state index contributed by atoms with van der Waals surface area (Å²) in [6.07, 6.45) is 0. The Morgan fingerprint density at radius 3 is 1.94 bits per heavy atom. The molecule has 0 bridgehead atoms. The summed E-state index contributed by atoms with van der Waals surface area (Å²) < 4.78 is 1.95. The van der Waals surface area contributed by atoms with E-state index in [-0.39, 0.29) is 0 Å². The first kappa shape index (κ1) is 12.2. The van der Waals surface area contributed by atoms with E-state index in [9.17, 15) is 0 Å². The van der Waals surface area contributed by atoms with Gasteiger partial charge in [-0.2, -0.15) is 5.10 Å². The second-order valence-electron chi connectivity index (χ2n) is 4.64. The zero-order valence-electron chi connectivity index (χ0n) is 10.9. The largest absolute Gasteiger partial charge is 0.236 e. The lowest BCUT2D eigenvalue weighted by atomic mass is 10.1. The first-order valence-electron chi connectivity index (χ1n) is 5.71. The third-order valence-electron chi connectivity index (χ3n) is 3.05. The maximum Gasteiger partial charge on any atom is 0.0848 e. The van der Waals surface area contributed by atoms with Crippen LogP contribution in [0.5, 0.6) is 0 Å². The third-order valence-corrected chi connectivity index (χ3v) is 3.60. The lowest BCUT2D eigenvalue weighted by Gasteiger charge is -2.12. The van der Waals surface area contributed by atoms with Gasteiger partial charge in [0, 0.05) is 0 Å². The molecule has 1 heterocycles. The topological polar surface area (TPSA) is 17.8 Å². The molecule has 0 atom stereocenters. The molecule has 0 amide bonds. The summed E-state index contributed by atoms with van der Waals surface area (Å²) in [4.78, 5) is 0. The standard InChI is InChI=1S/C14H17ClN2/c1-8-6-9(2)14(10(3)7-8)17-12(5)13(15)11(4)16-17/h6-7H,1-5H3. The minimum absolute atomic E-state index is 0.754. The van der Waals surface area contributed by atoms with E-state index in [0.717, 1.165) is 22.1 Å². The number of aromatic nitrogens is 2. The Morgan fingerprint density at radius 1 is 1.00 bits per heavy atom. The maximum absolute atomic E-state index is 6.20. The molecule has 0 aliphatic carbocycles. The van der Waals surface area contributed by atoms with Crippen molar-refractivity contribution in [3.05, 3.63) is 45.2 Å². The fourth-order valence-corrected chi connectivity index (χ4v) is 2.47. The van der Waals surface area contributed by atoms with Crippen LogP contribution < -0.4 is 0 Å². The number of halogens is 1. The molecular formula is C14H17ClN2. The molecule has 1 aromatic carbocycles. The summed E-state index contributed by atoms with van der Waals surface area (Å²) in [6.45, 7) is 10.3. The smallest absolute Gasteiger partial charge is 0.0848 e. The summed E-state index contributed by atoms with van der Waals surface area (Å²) in [7, 11) is 0. The lowest BCUT2D eigenvalue weighted by Crippen LogP contribution is -2.04. The molecule has 0 unspecified atom stereocenters. The van der Waals surface area contributed by atoms with Gasteiger partial charge in [-0.1, -0.05) is 29.3 Å². The second-order valence-corrected chi connectivity index (χ2v) is 5.02. The highest BCUT2D eigenvalue weighted by atomic mass is 35.5. The molecule has 0 saturated heterocycles. The van der Waals surface area contributed by atoms with Gasteiger partial charge in [0.25, 0.3) is 0 Å². The SMILES string of the molecule is Cc1cc(C)c(-n2nc(C)c(Cl)c2C)c(C)c1. The fraction of sp³-hybridized carbons (Fsp3) is 0.357. The monoisotopic (exact) mass is 248 g/mol. The van der Waals surface area contributed by atoms with E-state index in [0.29, 0.717) is 0 Å². The molecule has 0 radical (unpaired) electrons. The van der Waals surface area contributed by atoms with Crippen LogP contribution in [0.25, 0.3) is 5.69 Å². The molecule has 0 spiro atoms. The molecule has 0 aliphatic rings. The average molecular weight is 249 g/mol. The molecular weight excluding hydrogens is 232 g/mol. The van der Waals surface area contributed by atoms with E-state index in [4.69, 9.17) is 11.6 Å². The van der Waals surface area contributed by atoms with E-state index in [1.165, 1.54) is 16.7 Å². The fourth-order valence-electron chi connectivity index (χ4n) is 2.35. The van der Waals surface area contributed by atoms with Gasteiger partial charge in [0.2, 0.25) is 0 Å². The van der Waals surface area contributed by atoms with Crippen LogP contribution in [0.1, 0.15) is 28.1 Å². The van der Waals surface area contributed by atoms with Crippen molar-refractivity contribution in [3.63, 3.8) is 0 Å². The molecule has 90 valence electrons. The number of nitrogens with zero attached hydrogens (tertiary/aromatic N) is 2. The van der Waals surface area contributed by atoms with Crippen molar-refractivity contribution in [2.75, 3.05) is 0 Å². The predicted molar refractivity (Wildman–Crippen MR) is 72.3 cm³/mol. The molecule has 2 nitrogen and oxygen atoms in total. The lowest BCUT2D eigenvalue weighted by molar-refractivity contribution is 0.820. The van der Waals surface area contributed by atoms with Gasteiger partial charge in [-0.15, -0.1) is 0 Å². The van der Waals surface area contributed by atoms with Crippen LogP contribution in [-0.2, 0) is 0 Å². The number of hydrogen-bond acceptors (Lipinski definition) is 1. The Hall–Kier alpha value is -1.28. The molecule has 2 aromatic rings. The van der Waals surface area contributed by atoms with E-state index < -0.39 is 0 Å². The highest BCUT2D eigenvalue weighted by Gasteiger charge is 2.14. The summed E-state index contributed by atoms with van der Waals surface area (Å²) in [5.74, 6) is 0. The van der Waals surface area contributed by atoms with E-state index in [1.54, 1.807) is 0 Å². The van der Waals surface area contributed by atoms with Gasteiger partial charge in [-0.3, -0.25) is 0 Å². The van der Waals surface area contributed by atoms with Crippen LogP contribution in [0, 0.1) is 34.6 Å². The number of benzene rings is 1. The van der Waals surface area contributed by atoms with E-state index in [2.05, 4.69) is 38.0 Å².